The molecule has 0 heterocycles. The van der Waals surface area contributed by atoms with E-state index in [1.807, 2.05) is 0 Å². The van der Waals surface area contributed by atoms with E-state index < -0.39 is 0 Å². The Morgan fingerprint density at radius 3 is 2.43 bits per heavy atom. The first-order valence-electron chi connectivity index (χ1n) is 5.70. The second-order valence-electron chi connectivity index (χ2n) is 5.76. The van der Waals surface area contributed by atoms with E-state index in [-0.39, 0.29) is 5.91 Å². The van der Waals surface area contributed by atoms with E-state index >= 15 is 0 Å². The molecule has 3 saturated carbocycles. The third kappa shape index (κ3) is 1.27. The molecular formula is C12H21NO. The second kappa shape index (κ2) is 2.98. The molecule has 4 unspecified atom stereocenters. The number of carbonyl (C=O) groups excluding carboxylic acids is 1. The number of rotatable bonds is 1. The first-order chi connectivity index (χ1) is 6.43. The summed E-state index contributed by atoms with van der Waals surface area (Å²) in [5.74, 6) is 2.43. The van der Waals surface area contributed by atoms with Crippen LogP contribution in [0.1, 0.15) is 40.5 Å². The van der Waals surface area contributed by atoms with Crippen LogP contribution in [0.5, 0.6) is 0 Å². The van der Waals surface area contributed by atoms with Gasteiger partial charge in [-0.2, -0.15) is 0 Å². The monoisotopic (exact) mass is 195 g/mol. The number of hydrogen-bond donors (Lipinski definition) is 1. The molecule has 3 aliphatic rings. The average Bonchev–Trinajstić information content (AvgIpc) is 2.06. The van der Waals surface area contributed by atoms with Gasteiger partial charge in [0.05, 0.1) is 0 Å². The SMILES string of the molecule is CC(=O)NC1CC2CC(C1C)C2(C)C. The summed E-state index contributed by atoms with van der Waals surface area (Å²) in [6.07, 6.45) is 2.56. The number of hydrogen-bond acceptors (Lipinski definition) is 1. The smallest absolute Gasteiger partial charge is 0.217 e. The van der Waals surface area contributed by atoms with Gasteiger partial charge in [0, 0.05) is 13.0 Å². The van der Waals surface area contributed by atoms with E-state index in [0.29, 0.717) is 17.4 Å². The molecule has 2 bridgehead atoms. The fourth-order valence-corrected chi connectivity index (χ4v) is 3.60. The molecule has 0 spiro atoms. The normalized spacial score (nSPS) is 44.0. The topological polar surface area (TPSA) is 29.1 Å². The Hall–Kier alpha value is -0.530. The van der Waals surface area contributed by atoms with Gasteiger partial charge in [-0.3, -0.25) is 4.79 Å². The number of amides is 1. The minimum Gasteiger partial charge on any atom is -0.353 e. The van der Waals surface area contributed by atoms with Gasteiger partial charge >= 0.3 is 0 Å². The van der Waals surface area contributed by atoms with Crippen LogP contribution in [0.3, 0.4) is 0 Å². The van der Waals surface area contributed by atoms with Gasteiger partial charge in [-0.25, -0.2) is 0 Å². The first-order valence-corrected chi connectivity index (χ1v) is 5.70. The van der Waals surface area contributed by atoms with Crippen molar-refractivity contribution in [1.82, 2.24) is 5.32 Å². The van der Waals surface area contributed by atoms with Crippen LogP contribution in [0.4, 0.5) is 0 Å². The highest BCUT2D eigenvalue weighted by Gasteiger charge is 2.56. The maximum Gasteiger partial charge on any atom is 0.217 e. The van der Waals surface area contributed by atoms with Crippen molar-refractivity contribution in [3.8, 4) is 0 Å². The molecule has 3 rings (SSSR count). The van der Waals surface area contributed by atoms with Crippen LogP contribution in [-0.4, -0.2) is 11.9 Å². The molecule has 0 saturated heterocycles. The highest BCUT2D eigenvalue weighted by molar-refractivity contribution is 5.73. The number of fused-ring (bicyclic) bond motifs is 2. The fraction of sp³-hybridized carbons (Fsp3) is 0.917. The summed E-state index contributed by atoms with van der Waals surface area (Å²) in [5.41, 5.74) is 0.522. The zero-order valence-electron chi connectivity index (χ0n) is 9.63. The van der Waals surface area contributed by atoms with Crippen molar-refractivity contribution in [2.75, 3.05) is 0 Å². The minimum atomic E-state index is 0.126. The number of carbonyl (C=O) groups is 1. The lowest BCUT2D eigenvalue weighted by molar-refractivity contribution is -0.132. The molecule has 1 N–H and O–H groups in total. The van der Waals surface area contributed by atoms with Crippen LogP contribution in [0, 0.1) is 23.2 Å². The molecule has 80 valence electrons. The molecule has 0 aliphatic heterocycles. The quantitative estimate of drug-likeness (QED) is 0.682. The van der Waals surface area contributed by atoms with Crippen molar-refractivity contribution in [1.29, 1.82) is 0 Å². The van der Waals surface area contributed by atoms with E-state index in [9.17, 15) is 4.79 Å². The predicted octanol–water partition coefficient (Wildman–Crippen LogP) is 2.19. The summed E-state index contributed by atoms with van der Waals surface area (Å²) in [7, 11) is 0. The zero-order chi connectivity index (χ0) is 10.5. The van der Waals surface area contributed by atoms with E-state index in [2.05, 4.69) is 26.1 Å². The third-order valence-corrected chi connectivity index (χ3v) is 4.74. The largest absolute Gasteiger partial charge is 0.353 e. The van der Waals surface area contributed by atoms with Crippen LogP contribution in [-0.2, 0) is 4.79 Å². The third-order valence-electron chi connectivity index (χ3n) is 4.74. The van der Waals surface area contributed by atoms with Crippen LogP contribution < -0.4 is 5.32 Å². The van der Waals surface area contributed by atoms with Crippen molar-refractivity contribution in [2.24, 2.45) is 23.2 Å². The summed E-state index contributed by atoms with van der Waals surface area (Å²) < 4.78 is 0. The Labute approximate surface area is 86.5 Å². The highest BCUT2D eigenvalue weighted by atomic mass is 16.1. The molecule has 3 aliphatic carbocycles. The standard InChI is InChI=1S/C12H21NO/c1-7-10-5-9(12(10,3)4)6-11(7)13-8(2)14/h7,9-11H,5-6H2,1-4H3,(H,13,14). The van der Waals surface area contributed by atoms with Crippen molar-refractivity contribution >= 4 is 5.91 Å². The van der Waals surface area contributed by atoms with Gasteiger partial charge in [-0.15, -0.1) is 0 Å². The summed E-state index contributed by atoms with van der Waals surface area (Å²) in [4.78, 5) is 11.0. The van der Waals surface area contributed by atoms with Gasteiger partial charge < -0.3 is 5.32 Å². The molecule has 14 heavy (non-hydrogen) atoms. The van der Waals surface area contributed by atoms with Crippen LogP contribution in [0.25, 0.3) is 0 Å². The van der Waals surface area contributed by atoms with Gasteiger partial charge in [0.15, 0.2) is 0 Å². The molecule has 2 heteroatoms. The molecule has 0 aromatic rings. The Bertz CT molecular complexity index is 259. The Balaban J connectivity index is 2.04. The Morgan fingerprint density at radius 2 is 2.00 bits per heavy atom. The lowest BCUT2D eigenvalue weighted by atomic mass is 9.45. The number of nitrogens with one attached hydrogen (secondary N) is 1. The molecule has 1 amide bonds. The molecule has 0 aromatic heterocycles. The van der Waals surface area contributed by atoms with E-state index in [0.717, 1.165) is 11.8 Å². The molecule has 2 nitrogen and oxygen atoms in total. The first kappa shape index (κ1) is 10.0. The van der Waals surface area contributed by atoms with Crippen LogP contribution in [0.15, 0.2) is 0 Å². The molecule has 4 atom stereocenters. The minimum absolute atomic E-state index is 0.126. The summed E-state index contributed by atoms with van der Waals surface area (Å²) in [5, 5.41) is 3.09. The van der Waals surface area contributed by atoms with Crippen LogP contribution in [0.2, 0.25) is 0 Å². The van der Waals surface area contributed by atoms with Gasteiger partial charge in [-0.05, 0) is 36.0 Å². The lowest BCUT2D eigenvalue weighted by Gasteiger charge is -2.62. The lowest BCUT2D eigenvalue weighted by Crippen LogP contribution is -2.60. The molecule has 0 radical (unpaired) electrons. The maximum atomic E-state index is 11.0. The molecule has 0 aromatic carbocycles. The second-order valence-corrected chi connectivity index (χ2v) is 5.76. The van der Waals surface area contributed by atoms with E-state index in [4.69, 9.17) is 0 Å². The molecule has 3 fully saturated rings. The van der Waals surface area contributed by atoms with Gasteiger partial charge in [0.2, 0.25) is 5.91 Å². The predicted molar refractivity (Wildman–Crippen MR) is 56.8 cm³/mol. The average molecular weight is 195 g/mol. The van der Waals surface area contributed by atoms with Gasteiger partial charge in [-0.1, -0.05) is 20.8 Å². The highest BCUT2D eigenvalue weighted by Crippen LogP contribution is 2.61. The molecular weight excluding hydrogens is 174 g/mol. The fourth-order valence-electron chi connectivity index (χ4n) is 3.60. The van der Waals surface area contributed by atoms with Gasteiger partial charge in [0.25, 0.3) is 0 Å². The van der Waals surface area contributed by atoms with Crippen molar-refractivity contribution in [3.05, 3.63) is 0 Å². The Kier molecular flexibility index (Phi) is 2.13. The maximum absolute atomic E-state index is 11.0. The van der Waals surface area contributed by atoms with Crippen LogP contribution >= 0.6 is 0 Å². The summed E-state index contributed by atoms with van der Waals surface area (Å²) in [6, 6.07) is 0.435. The van der Waals surface area contributed by atoms with E-state index in [1.54, 1.807) is 6.92 Å². The summed E-state index contributed by atoms with van der Waals surface area (Å²) >= 11 is 0. The van der Waals surface area contributed by atoms with Crippen molar-refractivity contribution in [3.63, 3.8) is 0 Å². The van der Waals surface area contributed by atoms with Crippen molar-refractivity contribution in [2.45, 2.75) is 46.6 Å². The Morgan fingerprint density at radius 1 is 1.36 bits per heavy atom. The van der Waals surface area contributed by atoms with Gasteiger partial charge in [0.1, 0.15) is 0 Å². The zero-order valence-corrected chi connectivity index (χ0v) is 9.63. The van der Waals surface area contributed by atoms with Crippen molar-refractivity contribution < 1.29 is 4.79 Å². The van der Waals surface area contributed by atoms with E-state index in [1.165, 1.54) is 12.8 Å². The summed E-state index contributed by atoms with van der Waals surface area (Å²) in [6.45, 7) is 8.68.